The van der Waals surface area contributed by atoms with Gasteiger partial charge >= 0.3 is 0 Å². The maximum absolute atomic E-state index is 6.22. The monoisotopic (exact) mass is 296 g/mol. The fourth-order valence-corrected chi connectivity index (χ4v) is 2.65. The van der Waals surface area contributed by atoms with Gasteiger partial charge in [0, 0.05) is 28.9 Å². The van der Waals surface area contributed by atoms with E-state index in [9.17, 15) is 0 Å². The number of hydrogen-bond acceptors (Lipinski definition) is 1. The summed E-state index contributed by atoms with van der Waals surface area (Å²) in [5.41, 5.74) is 3.48. The minimum absolute atomic E-state index is 0.765. The van der Waals surface area contributed by atoms with Gasteiger partial charge in [-0.3, -0.25) is 4.68 Å². The molecule has 0 bridgehead atoms. The summed E-state index contributed by atoms with van der Waals surface area (Å²) in [4.78, 5) is 0. The van der Waals surface area contributed by atoms with Crippen molar-refractivity contribution in [1.29, 1.82) is 0 Å². The number of aryl methyl sites for hydroxylation is 2. The summed E-state index contributed by atoms with van der Waals surface area (Å²) in [6, 6.07) is 18.4. The smallest absolute Gasteiger partial charge is 0.0568 e. The zero-order valence-electron chi connectivity index (χ0n) is 11.7. The lowest BCUT2D eigenvalue weighted by molar-refractivity contribution is 0.579. The topological polar surface area (TPSA) is 17.8 Å². The van der Waals surface area contributed by atoms with Gasteiger partial charge in [-0.25, -0.2) is 0 Å². The Morgan fingerprint density at radius 2 is 1.71 bits per heavy atom. The van der Waals surface area contributed by atoms with E-state index < -0.39 is 0 Å². The normalized spacial score (nSPS) is 10.7. The van der Waals surface area contributed by atoms with Crippen molar-refractivity contribution in [2.45, 2.75) is 19.4 Å². The number of aromatic nitrogens is 2. The molecule has 0 atom stereocenters. The van der Waals surface area contributed by atoms with Crippen molar-refractivity contribution < 1.29 is 0 Å². The Hall–Kier alpha value is -2.06. The van der Waals surface area contributed by atoms with E-state index in [1.54, 1.807) is 0 Å². The third-order valence-electron chi connectivity index (χ3n) is 3.51. The number of halogens is 1. The Bertz CT molecular complexity index is 704. The van der Waals surface area contributed by atoms with Crippen LogP contribution in [-0.2, 0) is 13.0 Å². The number of rotatable bonds is 5. The van der Waals surface area contributed by atoms with E-state index in [4.69, 9.17) is 11.6 Å². The van der Waals surface area contributed by atoms with Crippen LogP contribution in [0.2, 0.25) is 5.02 Å². The van der Waals surface area contributed by atoms with Crippen LogP contribution in [0.1, 0.15) is 12.0 Å². The molecule has 1 aromatic heterocycles. The first-order chi connectivity index (χ1) is 10.3. The quantitative estimate of drug-likeness (QED) is 0.659. The first-order valence-corrected chi connectivity index (χ1v) is 7.52. The minimum Gasteiger partial charge on any atom is -0.272 e. The molecule has 3 rings (SSSR count). The van der Waals surface area contributed by atoms with E-state index in [-0.39, 0.29) is 0 Å². The largest absolute Gasteiger partial charge is 0.272 e. The van der Waals surface area contributed by atoms with Crippen molar-refractivity contribution in [3.63, 3.8) is 0 Å². The highest BCUT2D eigenvalue weighted by Gasteiger charge is 2.05. The maximum Gasteiger partial charge on any atom is 0.0568 e. The third-order valence-corrected chi connectivity index (χ3v) is 3.84. The zero-order chi connectivity index (χ0) is 14.5. The molecule has 0 amide bonds. The van der Waals surface area contributed by atoms with Gasteiger partial charge < -0.3 is 0 Å². The average Bonchev–Trinajstić information content (AvgIpc) is 2.97. The lowest BCUT2D eigenvalue weighted by Gasteiger charge is -2.02. The second-order valence-electron chi connectivity index (χ2n) is 5.06. The highest BCUT2D eigenvalue weighted by atomic mass is 35.5. The van der Waals surface area contributed by atoms with E-state index in [1.807, 2.05) is 41.2 Å². The number of nitrogens with zero attached hydrogens (tertiary/aromatic N) is 2. The molecule has 3 aromatic rings. The van der Waals surface area contributed by atoms with Gasteiger partial charge in [0.05, 0.1) is 6.20 Å². The first-order valence-electron chi connectivity index (χ1n) is 7.14. The van der Waals surface area contributed by atoms with Gasteiger partial charge in [0.2, 0.25) is 0 Å². The molecule has 0 aliphatic heterocycles. The molecule has 0 unspecified atom stereocenters. The van der Waals surface area contributed by atoms with Crippen molar-refractivity contribution in [3.8, 4) is 11.1 Å². The summed E-state index contributed by atoms with van der Waals surface area (Å²) in [6.45, 7) is 0.916. The molecular formula is C18H17ClN2. The van der Waals surface area contributed by atoms with Crippen LogP contribution in [0.4, 0.5) is 0 Å². The molecule has 0 radical (unpaired) electrons. The summed E-state index contributed by atoms with van der Waals surface area (Å²) in [5.74, 6) is 0. The lowest BCUT2D eigenvalue weighted by Crippen LogP contribution is -1.99. The zero-order valence-corrected chi connectivity index (χ0v) is 12.5. The molecule has 0 saturated carbocycles. The summed E-state index contributed by atoms with van der Waals surface area (Å²) >= 11 is 6.22. The Labute approximate surface area is 130 Å². The van der Waals surface area contributed by atoms with Gasteiger partial charge in [-0.05, 0) is 24.5 Å². The van der Waals surface area contributed by atoms with Crippen LogP contribution < -0.4 is 0 Å². The van der Waals surface area contributed by atoms with Crippen LogP contribution >= 0.6 is 11.6 Å². The molecule has 0 fully saturated rings. The Morgan fingerprint density at radius 3 is 2.52 bits per heavy atom. The SMILES string of the molecule is Clc1ccccc1-c1cnn(CCCc2ccccc2)c1. The summed E-state index contributed by atoms with van der Waals surface area (Å²) in [6.07, 6.45) is 6.09. The van der Waals surface area contributed by atoms with Crippen LogP contribution in [0, 0.1) is 0 Å². The average molecular weight is 297 g/mol. The summed E-state index contributed by atoms with van der Waals surface area (Å²) < 4.78 is 1.99. The third kappa shape index (κ3) is 3.53. The summed E-state index contributed by atoms with van der Waals surface area (Å²) in [7, 11) is 0. The van der Waals surface area contributed by atoms with Crippen LogP contribution in [-0.4, -0.2) is 9.78 Å². The van der Waals surface area contributed by atoms with Gasteiger partial charge in [-0.15, -0.1) is 0 Å². The number of benzene rings is 2. The van der Waals surface area contributed by atoms with E-state index in [0.717, 1.165) is 35.5 Å². The highest BCUT2D eigenvalue weighted by molar-refractivity contribution is 6.33. The lowest BCUT2D eigenvalue weighted by atomic mass is 10.1. The molecule has 0 aliphatic carbocycles. The molecule has 106 valence electrons. The predicted octanol–water partition coefficient (Wildman–Crippen LogP) is 4.84. The van der Waals surface area contributed by atoms with Crippen molar-refractivity contribution in [2.75, 3.05) is 0 Å². The summed E-state index contributed by atoms with van der Waals surface area (Å²) in [5, 5.41) is 5.19. The molecule has 2 aromatic carbocycles. The molecule has 0 spiro atoms. The van der Waals surface area contributed by atoms with E-state index in [1.165, 1.54) is 5.56 Å². The van der Waals surface area contributed by atoms with Gasteiger partial charge in [0.1, 0.15) is 0 Å². The maximum atomic E-state index is 6.22. The predicted molar refractivity (Wildman–Crippen MR) is 87.4 cm³/mol. The van der Waals surface area contributed by atoms with E-state index in [2.05, 4.69) is 35.6 Å². The van der Waals surface area contributed by atoms with E-state index >= 15 is 0 Å². The first kappa shape index (κ1) is 13.9. The van der Waals surface area contributed by atoms with Crippen molar-refractivity contribution in [2.24, 2.45) is 0 Å². The Kier molecular flexibility index (Phi) is 4.37. The molecule has 2 nitrogen and oxygen atoms in total. The second-order valence-corrected chi connectivity index (χ2v) is 5.47. The van der Waals surface area contributed by atoms with Crippen molar-refractivity contribution >= 4 is 11.6 Å². The van der Waals surface area contributed by atoms with Crippen LogP contribution in [0.5, 0.6) is 0 Å². The number of hydrogen-bond donors (Lipinski definition) is 0. The van der Waals surface area contributed by atoms with Crippen molar-refractivity contribution in [3.05, 3.63) is 77.6 Å². The fourth-order valence-electron chi connectivity index (χ4n) is 2.41. The van der Waals surface area contributed by atoms with Crippen LogP contribution in [0.25, 0.3) is 11.1 Å². The standard InChI is InChI=1S/C18H17ClN2/c19-18-11-5-4-10-17(18)16-13-20-21(14-16)12-6-9-15-7-2-1-3-8-15/h1-5,7-8,10-11,13-14H,6,9,12H2. The molecule has 21 heavy (non-hydrogen) atoms. The van der Waals surface area contributed by atoms with Crippen LogP contribution in [0.3, 0.4) is 0 Å². The molecule has 0 saturated heterocycles. The molecule has 1 heterocycles. The molecule has 0 N–H and O–H groups in total. The van der Waals surface area contributed by atoms with E-state index in [0.29, 0.717) is 0 Å². The van der Waals surface area contributed by atoms with Crippen molar-refractivity contribution in [1.82, 2.24) is 9.78 Å². The fraction of sp³-hybridized carbons (Fsp3) is 0.167. The van der Waals surface area contributed by atoms with Gasteiger partial charge in [-0.1, -0.05) is 60.1 Å². The molecular weight excluding hydrogens is 280 g/mol. The minimum atomic E-state index is 0.765. The molecule has 0 aliphatic rings. The highest BCUT2D eigenvalue weighted by Crippen LogP contribution is 2.26. The van der Waals surface area contributed by atoms with Gasteiger partial charge in [0.15, 0.2) is 0 Å². The Morgan fingerprint density at radius 1 is 0.952 bits per heavy atom. The van der Waals surface area contributed by atoms with Gasteiger partial charge in [-0.2, -0.15) is 5.10 Å². The molecule has 3 heteroatoms. The second kappa shape index (κ2) is 6.59. The Balaban J connectivity index is 1.62. The van der Waals surface area contributed by atoms with Crippen LogP contribution in [0.15, 0.2) is 67.0 Å². The van der Waals surface area contributed by atoms with Gasteiger partial charge in [0.25, 0.3) is 0 Å².